The molecular weight excluding hydrogens is 320 g/mol. The molecule has 0 radical (unpaired) electrons. The molecule has 2 aliphatic heterocycles. The summed E-state index contributed by atoms with van der Waals surface area (Å²) < 4.78 is 5.53. The summed E-state index contributed by atoms with van der Waals surface area (Å²) in [6.07, 6.45) is 2.56. The summed E-state index contributed by atoms with van der Waals surface area (Å²) in [6.45, 7) is 5.42. The van der Waals surface area contributed by atoms with Gasteiger partial charge in [0.2, 0.25) is 5.95 Å². The summed E-state index contributed by atoms with van der Waals surface area (Å²) >= 11 is 0. The number of aliphatic hydroxyl groups is 1. The Kier molecular flexibility index (Phi) is 4.30. The normalized spacial score (nSPS) is 20.8. The van der Waals surface area contributed by atoms with Gasteiger partial charge in [-0.2, -0.15) is 10.1 Å². The Balaban J connectivity index is 1.61. The van der Waals surface area contributed by atoms with Crippen LogP contribution in [-0.4, -0.2) is 64.7 Å². The average molecular weight is 344 g/mol. The number of rotatable bonds is 5. The Morgan fingerprint density at radius 3 is 2.88 bits per heavy atom. The van der Waals surface area contributed by atoms with Crippen LogP contribution in [0.5, 0.6) is 0 Å². The van der Waals surface area contributed by atoms with E-state index in [1.165, 1.54) is 0 Å². The van der Waals surface area contributed by atoms with Gasteiger partial charge in [0.05, 0.1) is 24.6 Å². The molecule has 2 saturated heterocycles. The molecule has 4 rings (SSSR count). The number of nitrogens with zero attached hydrogens (tertiary/aromatic N) is 5. The van der Waals surface area contributed by atoms with E-state index in [4.69, 9.17) is 14.7 Å². The van der Waals surface area contributed by atoms with Crippen molar-refractivity contribution in [2.45, 2.75) is 31.9 Å². The first-order valence-electron chi connectivity index (χ1n) is 8.70. The van der Waals surface area contributed by atoms with Gasteiger partial charge in [0, 0.05) is 56.5 Å². The molecule has 0 spiro atoms. The lowest BCUT2D eigenvalue weighted by atomic mass is 10.0. The van der Waals surface area contributed by atoms with Crippen LogP contribution in [0.25, 0.3) is 0 Å². The highest BCUT2D eigenvalue weighted by atomic mass is 16.5. The van der Waals surface area contributed by atoms with Gasteiger partial charge < -0.3 is 19.6 Å². The number of ether oxygens (including phenoxy) is 1. The fraction of sp³-hybridized carbons (Fsp3) is 0.588. The van der Waals surface area contributed by atoms with Gasteiger partial charge in [0.1, 0.15) is 5.82 Å². The molecule has 2 N–H and O–H groups in total. The van der Waals surface area contributed by atoms with E-state index in [0.717, 1.165) is 42.3 Å². The molecule has 4 heterocycles. The Morgan fingerprint density at radius 2 is 2.24 bits per heavy atom. The largest absolute Gasteiger partial charge is 0.389 e. The van der Waals surface area contributed by atoms with E-state index in [9.17, 15) is 5.11 Å². The summed E-state index contributed by atoms with van der Waals surface area (Å²) in [4.78, 5) is 13.6. The molecule has 2 fully saturated rings. The number of hydrogen-bond acceptors (Lipinski definition) is 7. The van der Waals surface area contributed by atoms with E-state index in [2.05, 4.69) is 21.2 Å². The molecule has 8 heteroatoms. The van der Waals surface area contributed by atoms with Crippen molar-refractivity contribution in [3.63, 3.8) is 0 Å². The number of aliphatic hydroxyl groups excluding tert-OH is 1. The van der Waals surface area contributed by atoms with Gasteiger partial charge in [0.15, 0.2) is 0 Å². The molecule has 2 aromatic rings. The third-order valence-electron chi connectivity index (χ3n) is 4.95. The topological polar surface area (TPSA) is 90.4 Å². The van der Waals surface area contributed by atoms with Gasteiger partial charge in [-0.05, 0) is 13.3 Å². The highest BCUT2D eigenvalue weighted by Gasteiger charge is 2.29. The zero-order valence-electron chi connectivity index (χ0n) is 14.6. The molecule has 1 atom stereocenters. The number of aryl methyl sites for hydroxylation is 1. The van der Waals surface area contributed by atoms with Crippen molar-refractivity contribution in [1.29, 1.82) is 0 Å². The monoisotopic (exact) mass is 344 g/mol. The fourth-order valence-corrected chi connectivity index (χ4v) is 3.24. The van der Waals surface area contributed by atoms with E-state index in [1.54, 1.807) is 0 Å². The molecule has 0 saturated carbocycles. The average Bonchev–Trinajstić information content (AvgIpc) is 3.24. The second kappa shape index (κ2) is 6.61. The van der Waals surface area contributed by atoms with E-state index < -0.39 is 0 Å². The van der Waals surface area contributed by atoms with E-state index >= 15 is 0 Å². The van der Waals surface area contributed by atoms with Crippen LogP contribution in [0.15, 0.2) is 12.3 Å². The number of aromatic amines is 1. The van der Waals surface area contributed by atoms with Gasteiger partial charge in [0.25, 0.3) is 0 Å². The fourth-order valence-electron chi connectivity index (χ4n) is 3.24. The van der Waals surface area contributed by atoms with Crippen molar-refractivity contribution < 1.29 is 9.84 Å². The van der Waals surface area contributed by atoms with Crippen LogP contribution in [0.1, 0.15) is 29.3 Å². The first kappa shape index (κ1) is 16.3. The maximum absolute atomic E-state index is 9.60. The predicted molar refractivity (Wildman–Crippen MR) is 93.9 cm³/mol. The van der Waals surface area contributed by atoms with E-state index in [1.807, 2.05) is 25.1 Å². The molecule has 8 nitrogen and oxygen atoms in total. The Bertz CT molecular complexity index is 736. The maximum Gasteiger partial charge on any atom is 0.227 e. The number of hydrogen-bond donors (Lipinski definition) is 2. The minimum absolute atomic E-state index is 0.281. The minimum atomic E-state index is -0.281. The van der Waals surface area contributed by atoms with Crippen molar-refractivity contribution in [3.8, 4) is 0 Å². The Hall–Kier alpha value is -2.19. The minimum Gasteiger partial charge on any atom is -0.389 e. The summed E-state index contributed by atoms with van der Waals surface area (Å²) in [5.41, 5.74) is 3.24. The lowest BCUT2D eigenvalue weighted by Crippen LogP contribution is -2.51. The highest BCUT2D eigenvalue weighted by molar-refractivity contribution is 5.48. The van der Waals surface area contributed by atoms with Crippen LogP contribution in [0.2, 0.25) is 0 Å². The predicted octanol–water partition coefficient (Wildman–Crippen LogP) is 0.829. The quantitative estimate of drug-likeness (QED) is 0.830. The van der Waals surface area contributed by atoms with Crippen LogP contribution in [0, 0.1) is 6.92 Å². The summed E-state index contributed by atoms with van der Waals surface area (Å²) in [6, 6.07) is 2.06. The van der Waals surface area contributed by atoms with Crippen molar-refractivity contribution in [2.24, 2.45) is 0 Å². The Morgan fingerprint density at radius 1 is 1.40 bits per heavy atom. The standard InChI is InChI=1S/C17H24N6O2/c1-11-13(6-18-21-11)7-22(2)16-5-15(12-3-4-25-10-12)19-17(20-16)23-8-14(24)9-23/h5-6,12,14,24H,3-4,7-10H2,1-2H3,(H,18,21)/t12-/m1/s1. The Labute approximate surface area is 146 Å². The maximum atomic E-state index is 9.60. The molecule has 0 aliphatic carbocycles. The van der Waals surface area contributed by atoms with Gasteiger partial charge in [-0.3, -0.25) is 5.10 Å². The molecule has 0 unspecified atom stereocenters. The van der Waals surface area contributed by atoms with Gasteiger partial charge >= 0.3 is 0 Å². The number of β-amino-alcohol motifs (C(OH)–C–C–N with tert-alkyl or cyclic N) is 1. The van der Waals surface area contributed by atoms with Crippen LogP contribution in [-0.2, 0) is 11.3 Å². The lowest BCUT2D eigenvalue weighted by molar-refractivity contribution is 0.140. The zero-order valence-corrected chi connectivity index (χ0v) is 14.6. The first-order valence-corrected chi connectivity index (χ1v) is 8.70. The molecule has 134 valence electrons. The molecule has 2 aromatic heterocycles. The van der Waals surface area contributed by atoms with Gasteiger partial charge in [-0.25, -0.2) is 4.98 Å². The third kappa shape index (κ3) is 3.32. The first-order chi connectivity index (χ1) is 12.1. The number of H-pyrrole nitrogens is 1. The van der Waals surface area contributed by atoms with E-state index in [-0.39, 0.29) is 6.10 Å². The molecule has 2 aliphatic rings. The summed E-state index contributed by atoms with van der Waals surface area (Å²) in [7, 11) is 2.03. The second-order valence-electron chi connectivity index (χ2n) is 6.95. The van der Waals surface area contributed by atoms with Crippen molar-refractivity contribution in [2.75, 3.05) is 43.2 Å². The van der Waals surface area contributed by atoms with E-state index in [0.29, 0.717) is 31.6 Å². The van der Waals surface area contributed by atoms with Gasteiger partial charge in [-0.15, -0.1) is 0 Å². The van der Waals surface area contributed by atoms with Crippen LogP contribution in [0.4, 0.5) is 11.8 Å². The SMILES string of the molecule is Cc1[nH]ncc1CN(C)c1cc([C@@H]2CCOC2)nc(N2CC(O)C2)n1. The molecular formula is C17H24N6O2. The van der Waals surface area contributed by atoms with Crippen LogP contribution >= 0.6 is 0 Å². The smallest absolute Gasteiger partial charge is 0.227 e. The number of anilines is 2. The van der Waals surface area contributed by atoms with Crippen molar-refractivity contribution in [1.82, 2.24) is 20.2 Å². The number of nitrogens with one attached hydrogen (secondary N) is 1. The van der Waals surface area contributed by atoms with Crippen molar-refractivity contribution in [3.05, 3.63) is 29.2 Å². The third-order valence-corrected chi connectivity index (χ3v) is 4.95. The summed E-state index contributed by atoms with van der Waals surface area (Å²) in [5, 5.41) is 16.7. The highest BCUT2D eigenvalue weighted by Crippen LogP contribution is 2.29. The molecule has 0 bridgehead atoms. The van der Waals surface area contributed by atoms with Crippen LogP contribution < -0.4 is 9.80 Å². The van der Waals surface area contributed by atoms with Crippen LogP contribution in [0.3, 0.4) is 0 Å². The number of aromatic nitrogens is 4. The molecule has 0 aromatic carbocycles. The second-order valence-corrected chi connectivity index (χ2v) is 6.95. The van der Waals surface area contributed by atoms with Crippen molar-refractivity contribution >= 4 is 11.8 Å². The zero-order chi connectivity index (χ0) is 17.4. The molecule has 0 amide bonds. The lowest BCUT2D eigenvalue weighted by Gasteiger charge is -2.36. The molecule has 25 heavy (non-hydrogen) atoms. The summed E-state index contributed by atoms with van der Waals surface area (Å²) in [5.74, 6) is 1.89. The van der Waals surface area contributed by atoms with Gasteiger partial charge in [-0.1, -0.05) is 0 Å².